The first-order valence-corrected chi connectivity index (χ1v) is 7.03. The predicted octanol–water partition coefficient (Wildman–Crippen LogP) is 4.11. The summed E-state index contributed by atoms with van der Waals surface area (Å²) in [5.41, 5.74) is 1.10. The number of nitrogens with zero attached hydrogens (tertiary/aromatic N) is 1. The summed E-state index contributed by atoms with van der Waals surface area (Å²) in [6, 6.07) is 5.95. The third kappa shape index (κ3) is 2.65. The molecular formula is C14H17Cl2NO. The molecule has 0 aromatic heterocycles. The van der Waals surface area contributed by atoms with Crippen molar-refractivity contribution in [3.63, 3.8) is 0 Å². The highest BCUT2D eigenvalue weighted by molar-refractivity contribution is 6.42. The number of carbonyl (C=O) groups excluding carboxylic acids is 1. The number of hydrogen-bond acceptors (Lipinski definition) is 1. The van der Waals surface area contributed by atoms with Crippen molar-refractivity contribution in [2.45, 2.75) is 38.6 Å². The quantitative estimate of drug-likeness (QED) is 0.819. The van der Waals surface area contributed by atoms with Gasteiger partial charge in [0.25, 0.3) is 0 Å². The van der Waals surface area contributed by atoms with Gasteiger partial charge in [0.05, 0.1) is 10.0 Å². The smallest absolute Gasteiger partial charge is 0.223 e. The van der Waals surface area contributed by atoms with Gasteiger partial charge in [0.15, 0.2) is 0 Å². The van der Waals surface area contributed by atoms with Crippen LogP contribution in [0.5, 0.6) is 0 Å². The fraction of sp³-hybridized carbons (Fsp3) is 0.500. The largest absolute Gasteiger partial charge is 0.339 e. The van der Waals surface area contributed by atoms with Gasteiger partial charge >= 0.3 is 0 Å². The van der Waals surface area contributed by atoms with Gasteiger partial charge in [-0.2, -0.15) is 0 Å². The van der Waals surface area contributed by atoms with Gasteiger partial charge in [-0.25, -0.2) is 0 Å². The Bertz CT molecular complexity index is 461. The molecular weight excluding hydrogens is 269 g/mol. The molecule has 2 nitrogen and oxygen atoms in total. The fourth-order valence-electron chi connectivity index (χ4n) is 2.37. The molecule has 1 aliphatic rings. The zero-order valence-electron chi connectivity index (χ0n) is 10.6. The Morgan fingerprint density at radius 1 is 1.39 bits per heavy atom. The Kier molecular flexibility index (Phi) is 4.18. The third-order valence-electron chi connectivity index (χ3n) is 3.70. The molecule has 4 heteroatoms. The van der Waals surface area contributed by atoms with Gasteiger partial charge in [-0.3, -0.25) is 4.79 Å². The first kappa shape index (κ1) is 13.7. The van der Waals surface area contributed by atoms with Crippen molar-refractivity contribution in [3.8, 4) is 0 Å². The van der Waals surface area contributed by atoms with Gasteiger partial charge in [0, 0.05) is 24.9 Å². The van der Waals surface area contributed by atoms with Crippen LogP contribution < -0.4 is 0 Å². The molecule has 0 aliphatic carbocycles. The summed E-state index contributed by atoms with van der Waals surface area (Å²) in [6.07, 6.45) is 1.56. The van der Waals surface area contributed by atoms with Crippen molar-refractivity contribution in [3.05, 3.63) is 33.8 Å². The van der Waals surface area contributed by atoms with Crippen molar-refractivity contribution >= 4 is 29.1 Å². The van der Waals surface area contributed by atoms with Crippen LogP contribution in [0.2, 0.25) is 10.0 Å². The van der Waals surface area contributed by atoms with Crippen LogP contribution in [0.25, 0.3) is 0 Å². The van der Waals surface area contributed by atoms with E-state index in [0.717, 1.165) is 18.5 Å². The summed E-state index contributed by atoms with van der Waals surface area (Å²) in [4.78, 5) is 13.9. The Morgan fingerprint density at radius 3 is 2.72 bits per heavy atom. The molecule has 1 saturated heterocycles. The van der Waals surface area contributed by atoms with E-state index >= 15 is 0 Å². The second-order valence-electron chi connectivity index (χ2n) is 4.88. The normalized spacial score (nSPS) is 21.4. The molecule has 0 N–H and O–H groups in total. The average molecular weight is 286 g/mol. The monoisotopic (exact) mass is 285 g/mol. The Morgan fingerprint density at radius 2 is 2.11 bits per heavy atom. The summed E-state index contributed by atoms with van der Waals surface area (Å²) < 4.78 is 0. The first-order chi connectivity index (χ1) is 8.52. The number of benzene rings is 1. The predicted molar refractivity (Wildman–Crippen MR) is 75.3 cm³/mol. The number of carbonyl (C=O) groups is 1. The van der Waals surface area contributed by atoms with Crippen LogP contribution in [0, 0.1) is 0 Å². The van der Waals surface area contributed by atoms with Crippen molar-refractivity contribution in [2.75, 3.05) is 6.54 Å². The number of halogens is 2. The van der Waals surface area contributed by atoms with E-state index in [2.05, 4.69) is 13.8 Å². The molecule has 2 atom stereocenters. The van der Waals surface area contributed by atoms with Crippen molar-refractivity contribution in [2.24, 2.45) is 0 Å². The maximum Gasteiger partial charge on any atom is 0.223 e. The van der Waals surface area contributed by atoms with Crippen molar-refractivity contribution < 1.29 is 4.79 Å². The highest BCUT2D eigenvalue weighted by atomic mass is 35.5. The van der Waals surface area contributed by atoms with E-state index < -0.39 is 0 Å². The summed E-state index contributed by atoms with van der Waals surface area (Å²) in [5, 5.41) is 1.12. The number of rotatable bonds is 3. The summed E-state index contributed by atoms with van der Waals surface area (Å²) in [7, 11) is 0. The molecule has 1 amide bonds. The maximum absolute atomic E-state index is 12.0. The summed E-state index contributed by atoms with van der Waals surface area (Å²) >= 11 is 11.9. The van der Waals surface area contributed by atoms with E-state index in [4.69, 9.17) is 23.2 Å². The van der Waals surface area contributed by atoms with Crippen LogP contribution in [0.1, 0.15) is 38.2 Å². The molecule has 18 heavy (non-hydrogen) atoms. The lowest BCUT2D eigenvalue weighted by atomic mass is 9.98. The van der Waals surface area contributed by atoms with Gasteiger partial charge in [0.1, 0.15) is 0 Å². The van der Waals surface area contributed by atoms with E-state index in [1.165, 1.54) is 0 Å². The van der Waals surface area contributed by atoms with E-state index in [-0.39, 0.29) is 11.8 Å². The second kappa shape index (κ2) is 5.50. The topological polar surface area (TPSA) is 20.3 Å². The maximum atomic E-state index is 12.0. The van der Waals surface area contributed by atoms with E-state index in [0.29, 0.717) is 22.5 Å². The lowest BCUT2D eigenvalue weighted by Crippen LogP contribution is -2.33. The van der Waals surface area contributed by atoms with E-state index in [1.54, 1.807) is 6.07 Å². The molecule has 0 bridgehead atoms. The van der Waals surface area contributed by atoms with Crippen molar-refractivity contribution in [1.82, 2.24) is 4.90 Å². The lowest BCUT2D eigenvalue weighted by Gasteiger charge is -2.23. The van der Waals surface area contributed by atoms with E-state index in [1.807, 2.05) is 17.0 Å². The molecule has 1 aromatic carbocycles. The van der Waals surface area contributed by atoms with Crippen LogP contribution >= 0.6 is 23.2 Å². The van der Waals surface area contributed by atoms with Crippen LogP contribution in [0.4, 0.5) is 0 Å². The summed E-state index contributed by atoms with van der Waals surface area (Å²) in [6.45, 7) is 4.98. The molecule has 1 aliphatic heterocycles. The van der Waals surface area contributed by atoms with Crippen molar-refractivity contribution in [1.29, 1.82) is 0 Å². The molecule has 2 rings (SSSR count). The molecule has 1 fully saturated rings. The Hall–Kier alpha value is -0.730. The number of amides is 1. The zero-order chi connectivity index (χ0) is 13.3. The zero-order valence-corrected chi connectivity index (χ0v) is 12.1. The third-order valence-corrected chi connectivity index (χ3v) is 4.44. The molecule has 98 valence electrons. The van der Waals surface area contributed by atoms with Gasteiger partial charge in [0.2, 0.25) is 5.91 Å². The molecule has 1 aromatic rings. The Balaban J connectivity index is 2.16. The molecule has 0 spiro atoms. The van der Waals surface area contributed by atoms with Crippen LogP contribution in [0.3, 0.4) is 0 Å². The Labute approximate surface area is 118 Å². The van der Waals surface area contributed by atoms with Gasteiger partial charge < -0.3 is 4.90 Å². The molecule has 0 saturated carbocycles. The van der Waals surface area contributed by atoms with E-state index in [9.17, 15) is 4.79 Å². The minimum absolute atomic E-state index is 0.237. The average Bonchev–Trinajstić information content (AvgIpc) is 2.74. The van der Waals surface area contributed by atoms with Gasteiger partial charge in [-0.1, -0.05) is 36.2 Å². The second-order valence-corrected chi connectivity index (χ2v) is 5.69. The lowest BCUT2D eigenvalue weighted by molar-refractivity contribution is -0.129. The van der Waals surface area contributed by atoms with Crippen LogP contribution in [-0.4, -0.2) is 23.4 Å². The highest BCUT2D eigenvalue weighted by Gasteiger charge is 2.32. The fourth-order valence-corrected chi connectivity index (χ4v) is 2.67. The first-order valence-electron chi connectivity index (χ1n) is 6.27. The molecule has 1 heterocycles. The summed E-state index contributed by atoms with van der Waals surface area (Å²) in [5.74, 6) is 0.474. The number of hydrogen-bond donors (Lipinski definition) is 0. The minimum Gasteiger partial charge on any atom is -0.339 e. The highest BCUT2D eigenvalue weighted by Crippen LogP contribution is 2.33. The molecule has 2 unspecified atom stereocenters. The number of likely N-dealkylation sites (tertiary alicyclic amines) is 1. The standard InChI is InChI=1S/C14H17Cl2NO/c1-3-9(2)17-8-11(7-14(17)18)10-4-5-12(15)13(16)6-10/h4-6,9,11H,3,7-8H2,1-2H3. The SMILES string of the molecule is CCC(C)N1CC(c2ccc(Cl)c(Cl)c2)CC1=O. The van der Waals surface area contributed by atoms with Gasteiger partial charge in [-0.05, 0) is 31.0 Å². The minimum atomic E-state index is 0.237. The van der Waals surface area contributed by atoms with Crippen LogP contribution in [-0.2, 0) is 4.79 Å². The van der Waals surface area contributed by atoms with Gasteiger partial charge in [-0.15, -0.1) is 0 Å². The van der Waals surface area contributed by atoms with Crippen LogP contribution in [0.15, 0.2) is 18.2 Å². The molecule has 0 radical (unpaired) electrons.